The Kier molecular flexibility index (Phi) is 2.92. The molecule has 3 aromatic carbocycles. The zero-order valence-electron chi connectivity index (χ0n) is 10.3. The summed E-state index contributed by atoms with van der Waals surface area (Å²) in [5.41, 5.74) is 1.98. The van der Waals surface area contributed by atoms with Gasteiger partial charge < -0.3 is 5.11 Å². The number of fused-ring (bicyclic) bond motifs is 1. The molecule has 0 aliphatic carbocycles. The minimum absolute atomic E-state index is 0.288. The summed E-state index contributed by atoms with van der Waals surface area (Å²) in [5.74, 6) is 6.58. The lowest BCUT2D eigenvalue weighted by atomic mass is 10.1. The van der Waals surface area contributed by atoms with Crippen molar-refractivity contribution in [2.75, 3.05) is 0 Å². The summed E-state index contributed by atoms with van der Waals surface area (Å²) in [6, 6.07) is 21.2. The molecular formula is C18H12O. The van der Waals surface area contributed by atoms with Crippen molar-refractivity contribution >= 4 is 10.8 Å². The van der Waals surface area contributed by atoms with Gasteiger partial charge in [0.05, 0.1) is 0 Å². The summed E-state index contributed by atoms with van der Waals surface area (Å²) in [5, 5.41) is 11.5. The van der Waals surface area contributed by atoms with Crippen LogP contribution in [0.25, 0.3) is 10.8 Å². The van der Waals surface area contributed by atoms with E-state index in [0.717, 1.165) is 21.9 Å². The van der Waals surface area contributed by atoms with Crippen LogP contribution in [0.2, 0.25) is 0 Å². The molecule has 0 aliphatic heterocycles. The molecule has 0 spiro atoms. The maximum atomic E-state index is 9.42. The quantitative estimate of drug-likeness (QED) is 0.594. The SMILES string of the molecule is Oc1ccc2cc(C#Cc3ccccc3)ccc2c1. The van der Waals surface area contributed by atoms with E-state index < -0.39 is 0 Å². The number of benzene rings is 3. The fraction of sp³-hybridized carbons (Fsp3) is 0. The highest BCUT2D eigenvalue weighted by molar-refractivity contribution is 5.85. The fourth-order valence-electron chi connectivity index (χ4n) is 1.98. The van der Waals surface area contributed by atoms with Gasteiger partial charge in [-0.25, -0.2) is 0 Å². The van der Waals surface area contributed by atoms with Crippen molar-refractivity contribution in [3.05, 3.63) is 77.9 Å². The highest BCUT2D eigenvalue weighted by atomic mass is 16.3. The van der Waals surface area contributed by atoms with E-state index in [-0.39, 0.29) is 5.75 Å². The first-order valence-electron chi connectivity index (χ1n) is 6.11. The largest absolute Gasteiger partial charge is 0.508 e. The van der Waals surface area contributed by atoms with Crippen LogP contribution in [0.15, 0.2) is 66.7 Å². The van der Waals surface area contributed by atoms with Gasteiger partial charge in [-0.05, 0) is 47.2 Å². The Morgan fingerprint density at radius 2 is 1.32 bits per heavy atom. The summed E-state index contributed by atoms with van der Waals surface area (Å²) < 4.78 is 0. The highest BCUT2D eigenvalue weighted by Crippen LogP contribution is 2.20. The van der Waals surface area contributed by atoms with Crippen molar-refractivity contribution in [1.82, 2.24) is 0 Å². The smallest absolute Gasteiger partial charge is 0.116 e. The van der Waals surface area contributed by atoms with Crippen LogP contribution in [-0.2, 0) is 0 Å². The number of aromatic hydroxyl groups is 1. The van der Waals surface area contributed by atoms with Crippen molar-refractivity contribution in [1.29, 1.82) is 0 Å². The molecule has 0 aromatic heterocycles. The Bertz CT molecular complexity index is 777. The van der Waals surface area contributed by atoms with E-state index in [9.17, 15) is 5.11 Å². The van der Waals surface area contributed by atoms with Gasteiger partial charge >= 0.3 is 0 Å². The molecule has 1 nitrogen and oxygen atoms in total. The highest BCUT2D eigenvalue weighted by Gasteiger charge is 1.96. The maximum Gasteiger partial charge on any atom is 0.116 e. The molecule has 0 heterocycles. The Morgan fingerprint density at radius 3 is 2.16 bits per heavy atom. The number of phenolic OH excluding ortho intramolecular Hbond substituents is 1. The van der Waals surface area contributed by atoms with Crippen molar-refractivity contribution in [2.24, 2.45) is 0 Å². The lowest BCUT2D eigenvalue weighted by Crippen LogP contribution is -1.78. The molecule has 0 radical (unpaired) electrons. The van der Waals surface area contributed by atoms with Crippen LogP contribution < -0.4 is 0 Å². The maximum absolute atomic E-state index is 9.42. The molecule has 0 bridgehead atoms. The van der Waals surface area contributed by atoms with E-state index in [0.29, 0.717) is 0 Å². The molecule has 3 rings (SSSR count). The fourth-order valence-corrected chi connectivity index (χ4v) is 1.98. The second-order valence-electron chi connectivity index (χ2n) is 4.36. The molecule has 0 saturated carbocycles. The first-order chi connectivity index (χ1) is 9.31. The van der Waals surface area contributed by atoms with Gasteiger partial charge in [0.2, 0.25) is 0 Å². The summed E-state index contributed by atoms with van der Waals surface area (Å²) in [6.45, 7) is 0. The Morgan fingerprint density at radius 1 is 0.632 bits per heavy atom. The second kappa shape index (κ2) is 4.88. The van der Waals surface area contributed by atoms with Gasteiger partial charge in [0, 0.05) is 11.1 Å². The molecule has 90 valence electrons. The molecule has 0 aliphatic rings. The predicted octanol–water partition coefficient (Wildman–Crippen LogP) is 3.95. The van der Waals surface area contributed by atoms with E-state index in [1.54, 1.807) is 12.1 Å². The molecule has 3 aromatic rings. The van der Waals surface area contributed by atoms with Gasteiger partial charge in [-0.15, -0.1) is 0 Å². The zero-order valence-corrected chi connectivity index (χ0v) is 10.3. The van der Waals surface area contributed by atoms with Crippen LogP contribution in [0.1, 0.15) is 11.1 Å². The van der Waals surface area contributed by atoms with Crippen LogP contribution in [0, 0.1) is 11.8 Å². The minimum Gasteiger partial charge on any atom is -0.508 e. The molecule has 1 N–H and O–H groups in total. The number of rotatable bonds is 0. The third-order valence-electron chi connectivity index (χ3n) is 2.95. The lowest BCUT2D eigenvalue weighted by Gasteiger charge is -1.99. The first-order valence-corrected chi connectivity index (χ1v) is 6.11. The lowest BCUT2D eigenvalue weighted by molar-refractivity contribution is 0.476. The van der Waals surface area contributed by atoms with E-state index in [1.807, 2.05) is 54.6 Å². The average Bonchev–Trinajstić information content (AvgIpc) is 2.46. The van der Waals surface area contributed by atoms with Crippen molar-refractivity contribution < 1.29 is 5.11 Å². The van der Waals surface area contributed by atoms with Crippen molar-refractivity contribution in [2.45, 2.75) is 0 Å². The molecule has 0 saturated heterocycles. The zero-order chi connectivity index (χ0) is 13.1. The molecular weight excluding hydrogens is 232 g/mol. The van der Waals surface area contributed by atoms with Crippen LogP contribution in [0.5, 0.6) is 5.75 Å². The van der Waals surface area contributed by atoms with E-state index in [4.69, 9.17) is 0 Å². The molecule has 0 unspecified atom stereocenters. The molecule has 0 amide bonds. The van der Waals surface area contributed by atoms with Gasteiger partial charge in [0.15, 0.2) is 0 Å². The Labute approximate surface area is 112 Å². The number of phenols is 1. The van der Waals surface area contributed by atoms with E-state index in [1.165, 1.54) is 0 Å². The van der Waals surface area contributed by atoms with Crippen LogP contribution in [0.4, 0.5) is 0 Å². The third-order valence-corrected chi connectivity index (χ3v) is 2.95. The standard InChI is InChI=1S/C18H12O/c19-18-11-10-16-12-15(8-9-17(16)13-18)7-6-14-4-2-1-3-5-14/h1-5,8-13,19H. The third kappa shape index (κ3) is 2.59. The normalized spacial score (nSPS) is 9.89. The summed E-state index contributed by atoms with van der Waals surface area (Å²) in [7, 11) is 0. The molecule has 1 heteroatoms. The van der Waals surface area contributed by atoms with Gasteiger partial charge in [-0.3, -0.25) is 0 Å². The topological polar surface area (TPSA) is 20.2 Å². The van der Waals surface area contributed by atoms with Crippen molar-refractivity contribution in [3.63, 3.8) is 0 Å². The van der Waals surface area contributed by atoms with Crippen molar-refractivity contribution in [3.8, 4) is 17.6 Å². The molecule has 0 fully saturated rings. The van der Waals surface area contributed by atoms with Gasteiger partial charge in [0.1, 0.15) is 5.75 Å². The second-order valence-corrected chi connectivity index (χ2v) is 4.36. The molecule has 19 heavy (non-hydrogen) atoms. The Hall–Kier alpha value is -2.72. The van der Waals surface area contributed by atoms with Crippen LogP contribution in [0.3, 0.4) is 0 Å². The summed E-state index contributed by atoms with van der Waals surface area (Å²) in [4.78, 5) is 0. The predicted molar refractivity (Wildman–Crippen MR) is 78.0 cm³/mol. The van der Waals surface area contributed by atoms with E-state index >= 15 is 0 Å². The van der Waals surface area contributed by atoms with Crippen LogP contribution in [-0.4, -0.2) is 5.11 Å². The van der Waals surface area contributed by atoms with Gasteiger partial charge in [-0.2, -0.15) is 0 Å². The molecule has 0 atom stereocenters. The average molecular weight is 244 g/mol. The van der Waals surface area contributed by atoms with E-state index in [2.05, 4.69) is 11.8 Å². The first kappa shape index (κ1) is 11.4. The Balaban J connectivity index is 1.99. The minimum atomic E-state index is 0.288. The van der Waals surface area contributed by atoms with Crippen LogP contribution >= 0.6 is 0 Å². The van der Waals surface area contributed by atoms with Gasteiger partial charge in [0.25, 0.3) is 0 Å². The summed E-state index contributed by atoms with van der Waals surface area (Å²) in [6.07, 6.45) is 0. The monoisotopic (exact) mass is 244 g/mol. The number of hydrogen-bond donors (Lipinski definition) is 1. The van der Waals surface area contributed by atoms with Gasteiger partial charge in [-0.1, -0.05) is 42.2 Å². The number of hydrogen-bond acceptors (Lipinski definition) is 1. The summed E-state index contributed by atoms with van der Waals surface area (Å²) >= 11 is 0.